The molecule has 5 heteroatoms. The second kappa shape index (κ2) is 6.81. The van der Waals surface area contributed by atoms with Crippen molar-refractivity contribution in [3.8, 4) is 0 Å². The largest absolute Gasteiger partial charge is 0.481 e. The summed E-state index contributed by atoms with van der Waals surface area (Å²) in [6.07, 6.45) is -0.0479. The van der Waals surface area contributed by atoms with E-state index in [1.807, 2.05) is 24.3 Å². The summed E-state index contributed by atoms with van der Waals surface area (Å²) < 4.78 is 13.2. The lowest BCUT2D eigenvalue weighted by Gasteiger charge is -2.08. The third-order valence-corrected chi connectivity index (χ3v) is 4.72. The highest BCUT2D eigenvalue weighted by molar-refractivity contribution is 9.10. The summed E-state index contributed by atoms with van der Waals surface area (Å²) in [4.78, 5) is 11.6. The van der Waals surface area contributed by atoms with E-state index < -0.39 is 16.8 Å². The summed E-state index contributed by atoms with van der Waals surface area (Å²) in [5, 5.41) is 8.89. The van der Waals surface area contributed by atoms with Crippen LogP contribution in [0.3, 0.4) is 0 Å². The van der Waals surface area contributed by atoms with E-state index >= 15 is 0 Å². The molecule has 1 unspecified atom stereocenters. The molecule has 0 bridgehead atoms. The Kier molecular flexibility index (Phi) is 5.09. The van der Waals surface area contributed by atoms with E-state index in [0.29, 0.717) is 11.3 Å². The number of hydrogen-bond donors (Lipinski definition) is 1. The molecule has 0 fully saturated rings. The first-order chi connectivity index (χ1) is 9.56. The number of benzene rings is 2. The van der Waals surface area contributed by atoms with Gasteiger partial charge in [0.25, 0.3) is 0 Å². The molecule has 0 radical (unpaired) electrons. The van der Waals surface area contributed by atoms with Crippen molar-refractivity contribution in [3.05, 3.63) is 64.1 Å². The minimum absolute atomic E-state index is 0.0479. The van der Waals surface area contributed by atoms with Gasteiger partial charge >= 0.3 is 5.97 Å². The van der Waals surface area contributed by atoms with Crippen LogP contribution in [0, 0.1) is 0 Å². The molecule has 104 valence electrons. The Morgan fingerprint density at radius 2 is 1.65 bits per heavy atom. The standard InChI is InChI=1S/C15H13BrO3S/c16-13-5-7-14(8-6-13)20(19)10-12-4-2-1-3-11(12)9-15(17)18/h1-8H,9-10H2,(H,17,18). The molecular weight excluding hydrogens is 340 g/mol. The predicted octanol–water partition coefficient (Wildman–Crippen LogP) is 3.38. The van der Waals surface area contributed by atoms with Crippen LogP contribution in [0.4, 0.5) is 0 Å². The Morgan fingerprint density at radius 1 is 1.05 bits per heavy atom. The van der Waals surface area contributed by atoms with E-state index in [4.69, 9.17) is 5.11 Å². The van der Waals surface area contributed by atoms with E-state index in [9.17, 15) is 9.00 Å². The smallest absolute Gasteiger partial charge is 0.307 e. The van der Waals surface area contributed by atoms with Crippen LogP contribution < -0.4 is 0 Å². The van der Waals surface area contributed by atoms with Gasteiger partial charge in [-0.15, -0.1) is 0 Å². The summed E-state index contributed by atoms with van der Waals surface area (Å²) in [5.41, 5.74) is 1.53. The zero-order valence-electron chi connectivity index (χ0n) is 10.6. The molecule has 0 saturated carbocycles. The van der Waals surface area contributed by atoms with Gasteiger partial charge in [0.1, 0.15) is 0 Å². The number of halogens is 1. The molecule has 20 heavy (non-hydrogen) atoms. The number of carbonyl (C=O) groups is 1. The SMILES string of the molecule is O=C(O)Cc1ccccc1CS(=O)c1ccc(Br)cc1. The molecule has 2 aromatic rings. The van der Waals surface area contributed by atoms with Crippen LogP contribution in [0.5, 0.6) is 0 Å². The molecule has 0 aliphatic rings. The third-order valence-electron chi connectivity index (χ3n) is 2.82. The lowest BCUT2D eigenvalue weighted by Crippen LogP contribution is -2.05. The van der Waals surface area contributed by atoms with Crippen LogP contribution in [0.1, 0.15) is 11.1 Å². The van der Waals surface area contributed by atoms with Crippen LogP contribution in [0.15, 0.2) is 57.9 Å². The maximum atomic E-state index is 12.3. The topological polar surface area (TPSA) is 54.4 Å². The highest BCUT2D eigenvalue weighted by atomic mass is 79.9. The van der Waals surface area contributed by atoms with Crippen LogP contribution in [0.2, 0.25) is 0 Å². The van der Waals surface area contributed by atoms with Crippen molar-refractivity contribution >= 4 is 32.7 Å². The number of hydrogen-bond acceptors (Lipinski definition) is 2. The van der Waals surface area contributed by atoms with Crippen molar-refractivity contribution in [3.63, 3.8) is 0 Å². The summed E-state index contributed by atoms with van der Waals surface area (Å²) in [6, 6.07) is 14.5. The van der Waals surface area contributed by atoms with Crippen LogP contribution >= 0.6 is 15.9 Å². The highest BCUT2D eigenvalue weighted by Gasteiger charge is 2.10. The van der Waals surface area contributed by atoms with Crippen molar-refractivity contribution < 1.29 is 14.1 Å². The number of aliphatic carboxylic acids is 1. The van der Waals surface area contributed by atoms with Gasteiger partial charge in [-0.1, -0.05) is 40.2 Å². The fourth-order valence-corrected chi connectivity index (χ4v) is 3.28. The van der Waals surface area contributed by atoms with Crippen LogP contribution in [-0.4, -0.2) is 15.3 Å². The summed E-state index contributed by atoms with van der Waals surface area (Å²) in [7, 11) is -1.18. The van der Waals surface area contributed by atoms with Crippen molar-refractivity contribution in [2.75, 3.05) is 0 Å². The summed E-state index contributed by atoms with van der Waals surface area (Å²) >= 11 is 3.34. The molecular formula is C15H13BrO3S. The van der Waals surface area contributed by atoms with E-state index in [0.717, 1.165) is 14.9 Å². The monoisotopic (exact) mass is 352 g/mol. The van der Waals surface area contributed by atoms with Gasteiger partial charge in [0, 0.05) is 9.37 Å². The molecule has 0 aliphatic carbocycles. The second-order valence-electron chi connectivity index (χ2n) is 4.28. The van der Waals surface area contributed by atoms with Crippen LogP contribution in [-0.2, 0) is 27.8 Å². The normalized spacial score (nSPS) is 12.1. The Morgan fingerprint density at radius 3 is 2.25 bits per heavy atom. The Hall–Kier alpha value is -1.46. The lowest BCUT2D eigenvalue weighted by molar-refractivity contribution is -0.136. The van der Waals surface area contributed by atoms with Crippen molar-refractivity contribution in [2.24, 2.45) is 0 Å². The minimum atomic E-state index is -1.18. The van der Waals surface area contributed by atoms with Gasteiger partial charge in [-0.05, 0) is 35.4 Å². The highest BCUT2D eigenvalue weighted by Crippen LogP contribution is 2.18. The minimum Gasteiger partial charge on any atom is -0.481 e. The first-order valence-electron chi connectivity index (χ1n) is 5.99. The van der Waals surface area contributed by atoms with Gasteiger partial charge in [0.2, 0.25) is 0 Å². The van der Waals surface area contributed by atoms with Gasteiger partial charge in [0.05, 0.1) is 23.0 Å². The van der Waals surface area contributed by atoms with Gasteiger partial charge in [-0.25, -0.2) is 0 Å². The molecule has 2 aromatic carbocycles. The molecule has 2 rings (SSSR count). The average Bonchev–Trinajstić information content (AvgIpc) is 2.41. The molecule has 1 atom stereocenters. The van der Waals surface area contributed by atoms with E-state index in [2.05, 4.69) is 15.9 Å². The Balaban J connectivity index is 2.19. The molecule has 0 aliphatic heterocycles. The third kappa shape index (κ3) is 4.02. The first kappa shape index (κ1) is 14.9. The van der Waals surface area contributed by atoms with E-state index in [1.165, 1.54) is 0 Å². The Bertz CT molecular complexity index is 638. The molecule has 0 heterocycles. The van der Waals surface area contributed by atoms with Crippen molar-refractivity contribution in [1.29, 1.82) is 0 Å². The molecule has 3 nitrogen and oxygen atoms in total. The summed E-state index contributed by atoms with van der Waals surface area (Å²) in [6.45, 7) is 0. The zero-order valence-corrected chi connectivity index (χ0v) is 13.0. The van der Waals surface area contributed by atoms with Gasteiger partial charge in [0.15, 0.2) is 0 Å². The van der Waals surface area contributed by atoms with E-state index in [1.54, 1.807) is 24.3 Å². The number of rotatable bonds is 5. The molecule has 0 saturated heterocycles. The quantitative estimate of drug-likeness (QED) is 0.897. The summed E-state index contributed by atoms with van der Waals surface area (Å²) in [5.74, 6) is -0.558. The zero-order chi connectivity index (χ0) is 14.5. The second-order valence-corrected chi connectivity index (χ2v) is 6.65. The maximum absolute atomic E-state index is 12.3. The Labute approximate surface area is 128 Å². The lowest BCUT2D eigenvalue weighted by atomic mass is 10.1. The van der Waals surface area contributed by atoms with Crippen molar-refractivity contribution in [2.45, 2.75) is 17.1 Å². The predicted molar refractivity (Wildman–Crippen MR) is 82.0 cm³/mol. The fourth-order valence-electron chi connectivity index (χ4n) is 1.84. The van der Waals surface area contributed by atoms with Gasteiger partial charge in [-0.2, -0.15) is 0 Å². The first-order valence-corrected chi connectivity index (χ1v) is 8.10. The molecule has 0 spiro atoms. The fraction of sp³-hybridized carbons (Fsp3) is 0.133. The maximum Gasteiger partial charge on any atom is 0.307 e. The molecule has 0 amide bonds. The number of carboxylic acids is 1. The van der Waals surface area contributed by atoms with Crippen LogP contribution in [0.25, 0.3) is 0 Å². The van der Waals surface area contributed by atoms with Crippen molar-refractivity contribution in [1.82, 2.24) is 0 Å². The molecule has 0 aromatic heterocycles. The average molecular weight is 353 g/mol. The van der Waals surface area contributed by atoms with Gasteiger partial charge in [-0.3, -0.25) is 9.00 Å². The van der Waals surface area contributed by atoms with E-state index in [-0.39, 0.29) is 6.42 Å². The number of carboxylic acid groups (broad SMARTS) is 1. The molecule has 1 N–H and O–H groups in total. The van der Waals surface area contributed by atoms with Gasteiger partial charge < -0.3 is 5.11 Å².